The van der Waals surface area contributed by atoms with Crippen LogP contribution in [0.2, 0.25) is 0 Å². The summed E-state index contributed by atoms with van der Waals surface area (Å²) in [6, 6.07) is 0. The molecule has 2 aromatic heterocycles. The highest BCUT2D eigenvalue weighted by atomic mass is 15.2. The van der Waals surface area contributed by atoms with Gasteiger partial charge in [0.25, 0.3) is 0 Å². The van der Waals surface area contributed by atoms with Crippen molar-refractivity contribution in [2.45, 2.75) is 26.2 Å². The van der Waals surface area contributed by atoms with Crippen LogP contribution < -0.4 is 11.1 Å². The molecule has 0 saturated carbocycles. The molecule has 0 aliphatic rings. The lowest BCUT2D eigenvalue weighted by Crippen LogP contribution is -2.18. The lowest BCUT2D eigenvalue weighted by Gasteiger charge is -2.16. The number of nitrogens with one attached hydrogen (secondary N) is 1. The fourth-order valence-corrected chi connectivity index (χ4v) is 2.12. The van der Waals surface area contributed by atoms with Crippen molar-refractivity contribution in [3.63, 3.8) is 0 Å². The van der Waals surface area contributed by atoms with Gasteiger partial charge >= 0.3 is 0 Å². The third-order valence-electron chi connectivity index (χ3n) is 3.05. The first kappa shape index (κ1) is 12.8. The lowest BCUT2D eigenvalue weighted by atomic mass is 10.00. The molecule has 0 saturated heterocycles. The van der Waals surface area contributed by atoms with Gasteiger partial charge in [-0.25, -0.2) is 4.98 Å². The van der Waals surface area contributed by atoms with Gasteiger partial charge in [-0.2, -0.15) is 0 Å². The minimum Gasteiger partial charge on any atom is -0.367 e. The van der Waals surface area contributed by atoms with E-state index in [1.54, 1.807) is 12.5 Å². The topological polar surface area (TPSA) is 81.1 Å². The molecule has 98 valence electrons. The Kier molecular flexibility index (Phi) is 4.46. The average molecular weight is 248 g/mol. The summed E-state index contributed by atoms with van der Waals surface area (Å²) in [4.78, 5) is 4.31. The smallest absolute Gasteiger partial charge is 0.203 e. The Morgan fingerprint density at radius 3 is 3.11 bits per heavy atom. The van der Waals surface area contributed by atoms with E-state index in [0.29, 0.717) is 5.92 Å². The molecule has 0 aromatic carbocycles. The van der Waals surface area contributed by atoms with Crippen LogP contribution in [0.5, 0.6) is 0 Å². The van der Waals surface area contributed by atoms with E-state index in [1.807, 2.05) is 10.6 Å². The normalized spacial score (nSPS) is 12.8. The second-order valence-corrected chi connectivity index (χ2v) is 4.45. The Hall–Kier alpha value is -1.69. The molecule has 0 radical (unpaired) electrons. The zero-order valence-corrected chi connectivity index (χ0v) is 10.7. The fraction of sp³-hybridized carbons (Fsp3) is 0.583. The van der Waals surface area contributed by atoms with E-state index in [-0.39, 0.29) is 0 Å². The van der Waals surface area contributed by atoms with E-state index in [0.717, 1.165) is 31.0 Å². The van der Waals surface area contributed by atoms with Crippen molar-refractivity contribution in [2.24, 2.45) is 11.7 Å². The number of hydrogen-bond acceptors (Lipinski definition) is 5. The van der Waals surface area contributed by atoms with E-state index >= 15 is 0 Å². The highest BCUT2D eigenvalue weighted by molar-refractivity contribution is 5.61. The summed E-state index contributed by atoms with van der Waals surface area (Å²) in [6.07, 6.45) is 8.65. The molecule has 2 rings (SSSR count). The van der Waals surface area contributed by atoms with E-state index in [1.165, 1.54) is 12.8 Å². The third kappa shape index (κ3) is 2.95. The van der Waals surface area contributed by atoms with Crippen LogP contribution in [0.15, 0.2) is 18.7 Å². The van der Waals surface area contributed by atoms with Crippen LogP contribution >= 0.6 is 0 Å². The Morgan fingerprint density at radius 2 is 2.33 bits per heavy atom. The first-order valence-electron chi connectivity index (χ1n) is 6.43. The van der Waals surface area contributed by atoms with Crippen molar-refractivity contribution >= 4 is 11.5 Å². The SMILES string of the molecule is CCCC(CCN)CNc1nccn2cnnc12. The predicted octanol–water partition coefficient (Wildman–Crippen LogP) is 1.30. The van der Waals surface area contributed by atoms with Gasteiger partial charge in [0.05, 0.1) is 0 Å². The first-order valence-corrected chi connectivity index (χ1v) is 6.43. The van der Waals surface area contributed by atoms with Crippen molar-refractivity contribution in [2.75, 3.05) is 18.4 Å². The van der Waals surface area contributed by atoms with E-state index in [2.05, 4.69) is 27.4 Å². The second-order valence-electron chi connectivity index (χ2n) is 4.45. The molecule has 1 unspecified atom stereocenters. The third-order valence-corrected chi connectivity index (χ3v) is 3.05. The standard InChI is InChI=1S/C12H20N6/c1-2-3-10(4-5-13)8-15-11-12-17-16-9-18(12)7-6-14-11/h6-7,9-10H,2-5,8,13H2,1H3,(H,14,15). The summed E-state index contributed by atoms with van der Waals surface area (Å²) in [7, 11) is 0. The Bertz CT molecular complexity index is 474. The molecule has 2 aromatic rings. The summed E-state index contributed by atoms with van der Waals surface area (Å²) in [5, 5.41) is 11.3. The molecular weight excluding hydrogens is 228 g/mol. The van der Waals surface area contributed by atoms with Crippen LogP contribution in [0.3, 0.4) is 0 Å². The van der Waals surface area contributed by atoms with Crippen LogP contribution in [-0.4, -0.2) is 32.7 Å². The van der Waals surface area contributed by atoms with Crippen LogP contribution in [0.1, 0.15) is 26.2 Å². The Labute approximate surface area is 107 Å². The number of anilines is 1. The maximum absolute atomic E-state index is 5.63. The van der Waals surface area contributed by atoms with Crippen LogP contribution in [0.4, 0.5) is 5.82 Å². The summed E-state index contributed by atoms with van der Waals surface area (Å²) in [6.45, 7) is 3.81. The zero-order valence-electron chi connectivity index (χ0n) is 10.7. The van der Waals surface area contributed by atoms with E-state index < -0.39 is 0 Å². The molecule has 0 amide bonds. The monoisotopic (exact) mass is 248 g/mol. The van der Waals surface area contributed by atoms with Gasteiger partial charge in [-0.05, 0) is 25.3 Å². The number of nitrogens with two attached hydrogens (primary N) is 1. The zero-order chi connectivity index (χ0) is 12.8. The highest BCUT2D eigenvalue weighted by Crippen LogP contribution is 2.14. The number of rotatable bonds is 7. The first-order chi connectivity index (χ1) is 8.85. The molecule has 6 nitrogen and oxygen atoms in total. The van der Waals surface area contributed by atoms with Crippen molar-refractivity contribution in [3.8, 4) is 0 Å². The van der Waals surface area contributed by atoms with Crippen molar-refractivity contribution in [3.05, 3.63) is 18.7 Å². The molecule has 0 fully saturated rings. The summed E-state index contributed by atoms with van der Waals surface area (Å²) in [5.41, 5.74) is 6.40. The number of aromatic nitrogens is 4. The number of nitrogens with zero attached hydrogens (tertiary/aromatic N) is 4. The van der Waals surface area contributed by atoms with Crippen LogP contribution in [-0.2, 0) is 0 Å². The minimum atomic E-state index is 0.588. The molecule has 18 heavy (non-hydrogen) atoms. The van der Waals surface area contributed by atoms with Crippen molar-refractivity contribution < 1.29 is 0 Å². The van der Waals surface area contributed by atoms with Gasteiger partial charge in [-0.15, -0.1) is 10.2 Å². The van der Waals surface area contributed by atoms with Gasteiger partial charge in [0.15, 0.2) is 5.82 Å². The van der Waals surface area contributed by atoms with Gasteiger partial charge < -0.3 is 11.1 Å². The maximum Gasteiger partial charge on any atom is 0.203 e. The van der Waals surface area contributed by atoms with Gasteiger partial charge in [0.2, 0.25) is 5.65 Å². The molecule has 0 aliphatic carbocycles. The van der Waals surface area contributed by atoms with Crippen molar-refractivity contribution in [1.82, 2.24) is 19.6 Å². The number of fused-ring (bicyclic) bond motifs is 1. The van der Waals surface area contributed by atoms with Crippen LogP contribution in [0.25, 0.3) is 5.65 Å². The van der Waals surface area contributed by atoms with Gasteiger partial charge in [-0.3, -0.25) is 4.40 Å². The predicted molar refractivity (Wildman–Crippen MR) is 71.3 cm³/mol. The van der Waals surface area contributed by atoms with Crippen LogP contribution in [0, 0.1) is 5.92 Å². The summed E-state index contributed by atoms with van der Waals surface area (Å²) >= 11 is 0. The van der Waals surface area contributed by atoms with Gasteiger partial charge in [0.1, 0.15) is 6.33 Å². The highest BCUT2D eigenvalue weighted by Gasteiger charge is 2.09. The molecular formula is C12H20N6. The summed E-state index contributed by atoms with van der Waals surface area (Å²) < 4.78 is 1.85. The summed E-state index contributed by atoms with van der Waals surface area (Å²) in [5.74, 6) is 1.37. The molecule has 0 bridgehead atoms. The second kappa shape index (κ2) is 6.30. The largest absolute Gasteiger partial charge is 0.367 e. The molecule has 6 heteroatoms. The molecule has 0 spiro atoms. The van der Waals surface area contributed by atoms with Gasteiger partial charge in [0, 0.05) is 18.9 Å². The fourth-order valence-electron chi connectivity index (χ4n) is 2.12. The molecule has 2 heterocycles. The molecule has 3 N–H and O–H groups in total. The molecule has 0 aliphatic heterocycles. The average Bonchev–Trinajstić information content (AvgIpc) is 2.85. The van der Waals surface area contributed by atoms with E-state index in [9.17, 15) is 0 Å². The number of hydrogen-bond donors (Lipinski definition) is 2. The Morgan fingerprint density at radius 1 is 1.44 bits per heavy atom. The van der Waals surface area contributed by atoms with E-state index in [4.69, 9.17) is 5.73 Å². The van der Waals surface area contributed by atoms with Gasteiger partial charge in [-0.1, -0.05) is 13.3 Å². The minimum absolute atomic E-state index is 0.588. The quantitative estimate of drug-likeness (QED) is 0.772. The van der Waals surface area contributed by atoms with Crippen molar-refractivity contribution in [1.29, 1.82) is 0 Å². The molecule has 1 atom stereocenters. The Balaban J connectivity index is 2.02. The lowest BCUT2D eigenvalue weighted by molar-refractivity contribution is 0.473. The maximum atomic E-state index is 5.63.